The predicted molar refractivity (Wildman–Crippen MR) is 72.4 cm³/mol. The van der Waals surface area contributed by atoms with Gasteiger partial charge in [0, 0.05) is 22.6 Å². The molecule has 0 aromatic heterocycles. The number of hydrogen-bond acceptors (Lipinski definition) is 3. The lowest BCUT2D eigenvalue weighted by Gasteiger charge is -2.13. The number of carbonyl (C=O) groups is 2. The molecule has 0 bridgehead atoms. The Kier molecular flexibility index (Phi) is 5.78. The molecular formula is C11H11Cl2NO3S. The molecular weight excluding hydrogens is 297 g/mol. The van der Waals surface area contributed by atoms with Crippen LogP contribution in [0.3, 0.4) is 0 Å². The Balaban J connectivity index is 2.66. The zero-order chi connectivity index (χ0) is 13.7. The van der Waals surface area contributed by atoms with E-state index in [1.807, 2.05) is 0 Å². The van der Waals surface area contributed by atoms with Crippen molar-refractivity contribution in [3.8, 4) is 0 Å². The van der Waals surface area contributed by atoms with E-state index < -0.39 is 12.0 Å². The molecule has 0 saturated heterocycles. The molecule has 0 unspecified atom stereocenters. The fourth-order valence-electron chi connectivity index (χ4n) is 1.19. The lowest BCUT2D eigenvalue weighted by molar-refractivity contribution is -0.140. The van der Waals surface area contributed by atoms with Gasteiger partial charge in [0.1, 0.15) is 6.04 Å². The Bertz CT molecular complexity index is 468. The molecule has 1 atom stereocenters. The van der Waals surface area contributed by atoms with Crippen molar-refractivity contribution in [1.82, 2.24) is 5.32 Å². The molecule has 2 N–H and O–H groups in total. The molecule has 18 heavy (non-hydrogen) atoms. The molecule has 0 aliphatic rings. The minimum Gasteiger partial charge on any atom is -0.480 e. The first-order valence-corrected chi connectivity index (χ1v) is 6.72. The van der Waals surface area contributed by atoms with Gasteiger partial charge in [0.05, 0.1) is 5.02 Å². The number of benzene rings is 1. The molecule has 1 aromatic rings. The first-order valence-electron chi connectivity index (χ1n) is 4.98. The van der Waals surface area contributed by atoms with Crippen LogP contribution in [0.5, 0.6) is 0 Å². The van der Waals surface area contributed by atoms with Gasteiger partial charge in [-0.1, -0.05) is 23.2 Å². The standard InChI is InChI=1S/C11H11Cl2NO3S/c1-6(15)14-9(11(16)17)5-18-10-3-2-7(12)4-8(10)13/h2-4,9H,5H2,1H3,(H,14,15)(H,16,17)/t9-/m0/s1. The average molecular weight is 308 g/mol. The molecule has 7 heteroatoms. The molecule has 0 saturated carbocycles. The maximum Gasteiger partial charge on any atom is 0.327 e. The summed E-state index contributed by atoms with van der Waals surface area (Å²) in [5.41, 5.74) is 0. The number of aliphatic carboxylic acids is 1. The van der Waals surface area contributed by atoms with Crippen LogP contribution in [0.2, 0.25) is 10.0 Å². The molecule has 0 aliphatic carbocycles. The summed E-state index contributed by atoms with van der Waals surface area (Å²) >= 11 is 13.0. The van der Waals surface area contributed by atoms with E-state index in [0.717, 1.165) is 4.90 Å². The van der Waals surface area contributed by atoms with Gasteiger partial charge in [0.25, 0.3) is 0 Å². The Labute approximate surface area is 119 Å². The fraction of sp³-hybridized carbons (Fsp3) is 0.273. The van der Waals surface area contributed by atoms with Gasteiger partial charge < -0.3 is 10.4 Å². The fourth-order valence-corrected chi connectivity index (χ4v) is 2.69. The van der Waals surface area contributed by atoms with Crippen molar-refractivity contribution < 1.29 is 14.7 Å². The topological polar surface area (TPSA) is 66.4 Å². The highest BCUT2D eigenvalue weighted by atomic mass is 35.5. The van der Waals surface area contributed by atoms with Gasteiger partial charge in [-0.05, 0) is 18.2 Å². The number of nitrogens with one attached hydrogen (secondary N) is 1. The zero-order valence-corrected chi connectivity index (χ0v) is 11.8. The minimum absolute atomic E-state index is 0.191. The molecule has 1 amide bonds. The second kappa shape index (κ2) is 6.87. The van der Waals surface area contributed by atoms with E-state index in [-0.39, 0.29) is 11.7 Å². The van der Waals surface area contributed by atoms with Crippen LogP contribution in [0.25, 0.3) is 0 Å². The van der Waals surface area contributed by atoms with Gasteiger partial charge in [-0.2, -0.15) is 0 Å². The van der Waals surface area contributed by atoms with Crippen LogP contribution < -0.4 is 5.32 Å². The number of amides is 1. The summed E-state index contributed by atoms with van der Waals surface area (Å²) in [5.74, 6) is -1.27. The number of carboxylic acids is 1. The quantitative estimate of drug-likeness (QED) is 0.821. The first-order chi connectivity index (χ1) is 8.40. The lowest BCUT2D eigenvalue weighted by Crippen LogP contribution is -2.41. The Morgan fingerprint density at radius 3 is 2.61 bits per heavy atom. The third-order valence-electron chi connectivity index (χ3n) is 1.98. The van der Waals surface area contributed by atoms with Crippen molar-refractivity contribution in [2.45, 2.75) is 17.9 Å². The van der Waals surface area contributed by atoms with Crippen LogP contribution in [0.1, 0.15) is 6.92 Å². The van der Waals surface area contributed by atoms with Crippen LogP contribution >= 0.6 is 35.0 Å². The van der Waals surface area contributed by atoms with Crippen molar-refractivity contribution in [2.24, 2.45) is 0 Å². The van der Waals surface area contributed by atoms with Crippen molar-refractivity contribution in [2.75, 3.05) is 5.75 Å². The van der Waals surface area contributed by atoms with Gasteiger partial charge >= 0.3 is 5.97 Å². The number of rotatable bonds is 5. The monoisotopic (exact) mass is 307 g/mol. The van der Waals surface area contributed by atoms with Gasteiger partial charge in [0.2, 0.25) is 5.91 Å². The number of thioether (sulfide) groups is 1. The molecule has 0 spiro atoms. The summed E-state index contributed by atoms with van der Waals surface area (Å²) in [5, 5.41) is 12.3. The summed E-state index contributed by atoms with van der Waals surface area (Å²) in [6.45, 7) is 1.27. The molecule has 0 heterocycles. The van der Waals surface area contributed by atoms with E-state index in [1.165, 1.54) is 18.7 Å². The molecule has 1 aromatic carbocycles. The van der Waals surface area contributed by atoms with E-state index in [1.54, 1.807) is 18.2 Å². The highest BCUT2D eigenvalue weighted by Crippen LogP contribution is 2.29. The third-order valence-corrected chi connectivity index (χ3v) is 3.80. The smallest absolute Gasteiger partial charge is 0.327 e. The minimum atomic E-state index is -1.08. The number of carboxylic acid groups (broad SMARTS) is 1. The predicted octanol–water partition coefficient (Wildman–Crippen LogP) is 2.67. The van der Waals surface area contributed by atoms with E-state index >= 15 is 0 Å². The third kappa shape index (κ3) is 4.76. The Morgan fingerprint density at radius 1 is 1.44 bits per heavy atom. The number of halogens is 2. The number of hydrogen-bond donors (Lipinski definition) is 2. The molecule has 0 radical (unpaired) electrons. The van der Waals surface area contributed by atoms with Crippen molar-refractivity contribution >= 4 is 46.8 Å². The highest BCUT2D eigenvalue weighted by molar-refractivity contribution is 7.99. The van der Waals surface area contributed by atoms with Crippen molar-refractivity contribution in [3.05, 3.63) is 28.2 Å². The van der Waals surface area contributed by atoms with Crippen LogP contribution in [0, 0.1) is 0 Å². The summed E-state index contributed by atoms with van der Waals surface area (Å²) < 4.78 is 0. The summed E-state index contributed by atoms with van der Waals surface area (Å²) in [6, 6.07) is 4.02. The highest BCUT2D eigenvalue weighted by Gasteiger charge is 2.19. The summed E-state index contributed by atoms with van der Waals surface area (Å²) in [7, 11) is 0. The average Bonchev–Trinajstić information content (AvgIpc) is 2.25. The van der Waals surface area contributed by atoms with Crippen molar-refractivity contribution in [1.29, 1.82) is 0 Å². The van der Waals surface area contributed by atoms with E-state index in [0.29, 0.717) is 10.0 Å². The van der Waals surface area contributed by atoms with Crippen LogP contribution in [-0.4, -0.2) is 28.8 Å². The van der Waals surface area contributed by atoms with E-state index in [4.69, 9.17) is 28.3 Å². The van der Waals surface area contributed by atoms with Crippen LogP contribution in [-0.2, 0) is 9.59 Å². The summed E-state index contributed by atoms with van der Waals surface area (Å²) in [6.07, 6.45) is 0. The largest absolute Gasteiger partial charge is 0.480 e. The maximum atomic E-state index is 10.9. The maximum absolute atomic E-state index is 10.9. The van der Waals surface area contributed by atoms with E-state index in [9.17, 15) is 9.59 Å². The van der Waals surface area contributed by atoms with Gasteiger partial charge in [0.15, 0.2) is 0 Å². The summed E-state index contributed by atoms with van der Waals surface area (Å²) in [4.78, 5) is 22.5. The van der Waals surface area contributed by atoms with Crippen molar-refractivity contribution in [3.63, 3.8) is 0 Å². The molecule has 0 aliphatic heterocycles. The Hall–Kier alpha value is -0.910. The normalized spacial score (nSPS) is 11.9. The zero-order valence-electron chi connectivity index (χ0n) is 9.44. The first kappa shape index (κ1) is 15.1. The van der Waals surface area contributed by atoms with E-state index in [2.05, 4.69) is 5.32 Å². The molecule has 0 fully saturated rings. The van der Waals surface area contributed by atoms with Gasteiger partial charge in [-0.15, -0.1) is 11.8 Å². The second-order valence-corrected chi connectivity index (χ2v) is 5.38. The van der Waals surface area contributed by atoms with Gasteiger partial charge in [-0.3, -0.25) is 4.79 Å². The molecule has 98 valence electrons. The molecule has 1 rings (SSSR count). The van der Waals surface area contributed by atoms with Crippen LogP contribution in [0.4, 0.5) is 0 Å². The number of carbonyl (C=O) groups excluding carboxylic acids is 1. The SMILES string of the molecule is CC(=O)N[C@@H](CSc1ccc(Cl)cc1Cl)C(=O)O. The van der Waals surface area contributed by atoms with Gasteiger partial charge in [-0.25, -0.2) is 4.79 Å². The van der Waals surface area contributed by atoms with Crippen LogP contribution in [0.15, 0.2) is 23.1 Å². The Morgan fingerprint density at radius 2 is 2.11 bits per heavy atom. The lowest BCUT2D eigenvalue weighted by atomic mass is 10.3. The second-order valence-electron chi connectivity index (χ2n) is 3.48. The molecule has 4 nitrogen and oxygen atoms in total.